The van der Waals surface area contributed by atoms with E-state index in [4.69, 9.17) is 11.6 Å². The normalized spacial score (nSPS) is 22.5. The Hall–Kier alpha value is -1.31. The third-order valence-electron chi connectivity index (χ3n) is 3.52. The van der Waals surface area contributed by atoms with E-state index in [1.807, 2.05) is 48.5 Å². The predicted molar refractivity (Wildman–Crippen MR) is 69.2 cm³/mol. The zero-order valence-corrected chi connectivity index (χ0v) is 10.1. The molecule has 1 aliphatic carbocycles. The van der Waals surface area contributed by atoms with Crippen molar-refractivity contribution < 1.29 is 5.11 Å². The van der Waals surface area contributed by atoms with Gasteiger partial charge in [-0.15, -0.1) is 0 Å². The number of hydrogen-bond acceptors (Lipinski definition) is 1. The average Bonchev–Trinajstić information content (AvgIpc) is 2.69. The third kappa shape index (κ3) is 1.67. The van der Waals surface area contributed by atoms with Gasteiger partial charge in [0.15, 0.2) is 0 Å². The van der Waals surface area contributed by atoms with Crippen molar-refractivity contribution in [3.63, 3.8) is 0 Å². The van der Waals surface area contributed by atoms with Gasteiger partial charge in [0.1, 0.15) is 5.60 Å². The van der Waals surface area contributed by atoms with E-state index in [0.29, 0.717) is 0 Å². The fourth-order valence-electron chi connectivity index (χ4n) is 2.64. The van der Waals surface area contributed by atoms with E-state index in [2.05, 4.69) is 0 Å². The van der Waals surface area contributed by atoms with Gasteiger partial charge >= 0.3 is 0 Å². The largest absolute Gasteiger partial charge is 0.380 e. The van der Waals surface area contributed by atoms with Crippen molar-refractivity contribution in [3.8, 4) is 0 Å². The Kier molecular flexibility index (Phi) is 2.46. The molecule has 2 heteroatoms. The van der Waals surface area contributed by atoms with Gasteiger partial charge in [0.2, 0.25) is 0 Å². The maximum absolute atomic E-state index is 10.9. The summed E-state index contributed by atoms with van der Waals surface area (Å²) in [4.78, 5) is 0. The molecule has 0 radical (unpaired) electrons. The zero-order valence-electron chi connectivity index (χ0n) is 9.36. The van der Waals surface area contributed by atoms with E-state index in [9.17, 15) is 5.11 Å². The van der Waals surface area contributed by atoms with Gasteiger partial charge in [0.25, 0.3) is 0 Å². The smallest absolute Gasteiger partial charge is 0.115 e. The molecule has 0 unspecified atom stereocenters. The standard InChI is InChI=1S/C15H13ClO/c16-13-6-7-14-11(10-13)8-9-15(14,17)12-4-2-1-3-5-12/h1-7,10,17H,8-9H2/t15-/m1/s1. The first-order chi connectivity index (χ1) is 8.20. The minimum Gasteiger partial charge on any atom is -0.380 e. The maximum Gasteiger partial charge on any atom is 0.115 e. The molecule has 0 aromatic heterocycles. The molecule has 86 valence electrons. The molecule has 1 nitrogen and oxygen atoms in total. The third-order valence-corrected chi connectivity index (χ3v) is 3.76. The van der Waals surface area contributed by atoms with Crippen molar-refractivity contribution in [1.82, 2.24) is 0 Å². The second-order valence-corrected chi connectivity index (χ2v) is 4.96. The molecule has 0 aliphatic heterocycles. The molecule has 0 bridgehead atoms. The average molecular weight is 245 g/mol. The van der Waals surface area contributed by atoms with Crippen LogP contribution in [0.15, 0.2) is 48.5 Å². The number of rotatable bonds is 1. The van der Waals surface area contributed by atoms with E-state index in [0.717, 1.165) is 34.6 Å². The summed E-state index contributed by atoms with van der Waals surface area (Å²) in [5, 5.41) is 11.6. The van der Waals surface area contributed by atoms with Crippen LogP contribution < -0.4 is 0 Å². The highest BCUT2D eigenvalue weighted by molar-refractivity contribution is 6.30. The van der Waals surface area contributed by atoms with E-state index in [-0.39, 0.29) is 0 Å². The molecule has 0 amide bonds. The quantitative estimate of drug-likeness (QED) is 0.814. The molecule has 2 aromatic rings. The summed E-state index contributed by atoms with van der Waals surface area (Å²) in [5.74, 6) is 0. The van der Waals surface area contributed by atoms with Crippen LogP contribution in [0, 0.1) is 0 Å². The van der Waals surface area contributed by atoms with Crippen molar-refractivity contribution in [2.24, 2.45) is 0 Å². The van der Waals surface area contributed by atoms with Gasteiger partial charge in [-0.3, -0.25) is 0 Å². The lowest BCUT2D eigenvalue weighted by atomic mass is 9.88. The maximum atomic E-state index is 10.9. The first kappa shape index (κ1) is 10.8. The van der Waals surface area contributed by atoms with E-state index in [1.54, 1.807) is 0 Å². The lowest BCUT2D eigenvalue weighted by Crippen LogP contribution is -2.23. The van der Waals surface area contributed by atoms with Gasteiger partial charge in [-0.1, -0.05) is 48.0 Å². The second-order valence-electron chi connectivity index (χ2n) is 4.53. The van der Waals surface area contributed by atoms with Crippen molar-refractivity contribution in [2.75, 3.05) is 0 Å². The Balaban J connectivity index is 2.14. The summed E-state index contributed by atoms with van der Waals surface area (Å²) in [6, 6.07) is 15.6. The Morgan fingerprint density at radius 1 is 1.06 bits per heavy atom. The molecule has 1 atom stereocenters. The fraction of sp³-hybridized carbons (Fsp3) is 0.200. The summed E-state index contributed by atoms with van der Waals surface area (Å²) >= 11 is 5.98. The number of fused-ring (bicyclic) bond motifs is 1. The highest BCUT2D eigenvalue weighted by atomic mass is 35.5. The van der Waals surface area contributed by atoms with Gasteiger partial charge < -0.3 is 5.11 Å². The van der Waals surface area contributed by atoms with Crippen molar-refractivity contribution in [3.05, 3.63) is 70.2 Å². The number of benzene rings is 2. The van der Waals surface area contributed by atoms with Crippen LogP contribution in [0.4, 0.5) is 0 Å². The molecule has 0 heterocycles. The first-order valence-corrected chi connectivity index (χ1v) is 6.15. The summed E-state index contributed by atoms with van der Waals surface area (Å²) in [5.41, 5.74) is 2.26. The Labute approximate surface area is 106 Å². The van der Waals surface area contributed by atoms with Crippen LogP contribution in [0.5, 0.6) is 0 Å². The van der Waals surface area contributed by atoms with Crippen LogP contribution in [0.25, 0.3) is 0 Å². The molecule has 0 saturated heterocycles. The van der Waals surface area contributed by atoms with Crippen LogP contribution in [-0.2, 0) is 12.0 Å². The molecular weight excluding hydrogens is 232 g/mol. The minimum absolute atomic E-state index is 0.729. The van der Waals surface area contributed by atoms with Crippen LogP contribution >= 0.6 is 11.6 Å². The van der Waals surface area contributed by atoms with Gasteiger partial charge in [-0.05, 0) is 41.7 Å². The number of aliphatic hydroxyl groups is 1. The lowest BCUT2D eigenvalue weighted by Gasteiger charge is -2.24. The van der Waals surface area contributed by atoms with Crippen LogP contribution in [-0.4, -0.2) is 5.11 Å². The van der Waals surface area contributed by atoms with Gasteiger partial charge in [0, 0.05) is 5.02 Å². The molecule has 0 fully saturated rings. The Bertz CT molecular complexity index is 550. The summed E-state index contributed by atoms with van der Waals surface area (Å²) in [6.07, 6.45) is 1.61. The molecule has 0 saturated carbocycles. The van der Waals surface area contributed by atoms with Crippen LogP contribution in [0.2, 0.25) is 5.02 Å². The number of aryl methyl sites for hydroxylation is 1. The molecule has 1 aliphatic rings. The predicted octanol–water partition coefficient (Wildman–Crippen LogP) is 3.52. The van der Waals surface area contributed by atoms with Crippen molar-refractivity contribution in [2.45, 2.75) is 18.4 Å². The number of hydrogen-bond donors (Lipinski definition) is 1. The monoisotopic (exact) mass is 244 g/mol. The van der Waals surface area contributed by atoms with E-state index >= 15 is 0 Å². The van der Waals surface area contributed by atoms with Gasteiger partial charge in [0.05, 0.1) is 0 Å². The lowest BCUT2D eigenvalue weighted by molar-refractivity contribution is 0.0829. The molecular formula is C15H13ClO. The fourth-order valence-corrected chi connectivity index (χ4v) is 2.83. The van der Waals surface area contributed by atoms with Crippen molar-refractivity contribution in [1.29, 1.82) is 0 Å². The Morgan fingerprint density at radius 3 is 2.59 bits per heavy atom. The van der Waals surface area contributed by atoms with Gasteiger partial charge in [-0.25, -0.2) is 0 Å². The van der Waals surface area contributed by atoms with E-state index < -0.39 is 5.60 Å². The van der Waals surface area contributed by atoms with Crippen LogP contribution in [0.3, 0.4) is 0 Å². The van der Waals surface area contributed by atoms with E-state index in [1.165, 1.54) is 0 Å². The second kappa shape index (κ2) is 3.86. The van der Waals surface area contributed by atoms with Crippen LogP contribution in [0.1, 0.15) is 23.1 Å². The van der Waals surface area contributed by atoms with Crippen molar-refractivity contribution >= 4 is 11.6 Å². The topological polar surface area (TPSA) is 20.2 Å². The molecule has 2 aromatic carbocycles. The highest BCUT2D eigenvalue weighted by Crippen LogP contribution is 2.42. The molecule has 0 spiro atoms. The number of halogens is 1. The van der Waals surface area contributed by atoms with Gasteiger partial charge in [-0.2, -0.15) is 0 Å². The molecule has 3 rings (SSSR count). The first-order valence-electron chi connectivity index (χ1n) is 5.77. The SMILES string of the molecule is O[C@@]1(c2ccccc2)CCc2cc(Cl)ccc21. The summed E-state index contributed by atoms with van der Waals surface area (Å²) in [7, 11) is 0. The highest BCUT2D eigenvalue weighted by Gasteiger charge is 2.37. The molecule has 1 N–H and O–H groups in total. The Morgan fingerprint density at radius 2 is 1.82 bits per heavy atom. The molecule has 17 heavy (non-hydrogen) atoms. The summed E-state index contributed by atoms with van der Waals surface area (Å²) in [6.45, 7) is 0. The summed E-state index contributed by atoms with van der Waals surface area (Å²) < 4.78 is 0. The zero-order chi connectivity index (χ0) is 11.9. The minimum atomic E-state index is -0.846.